The molecule has 0 aromatic carbocycles. The molecule has 0 bridgehead atoms. The van der Waals surface area contributed by atoms with Crippen LogP contribution in [0.4, 0.5) is 0 Å². The second kappa shape index (κ2) is 11.9. The van der Waals surface area contributed by atoms with Gasteiger partial charge in [-0.3, -0.25) is 4.55 Å². The zero-order valence-electron chi connectivity index (χ0n) is 20.8. The Morgan fingerprint density at radius 3 is 2.46 bits per heavy atom. The van der Waals surface area contributed by atoms with Gasteiger partial charge in [0.1, 0.15) is 17.5 Å². The Morgan fingerprint density at radius 2 is 1.89 bits per heavy atom. The normalized spacial score (nSPS) is 27.6. The minimum Gasteiger partial charge on any atom is -0.381 e. The van der Waals surface area contributed by atoms with Gasteiger partial charge < -0.3 is 18.8 Å². The predicted octanol–water partition coefficient (Wildman–Crippen LogP) is 2.08. The highest BCUT2D eigenvalue weighted by Gasteiger charge is 2.40. The van der Waals surface area contributed by atoms with Crippen LogP contribution < -0.4 is 4.72 Å². The number of rotatable bonds is 10. The lowest BCUT2D eigenvalue weighted by molar-refractivity contribution is -0.0580. The summed E-state index contributed by atoms with van der Waals surface area (Å²) < 4.78 is 43.5. The van der Waals surface area contributed by atoms with Gasteiger partial charge in [0, 0.05) is 57.5 Å². The van der Waals surface area contributed by atoms with Gasteiger partial charge in [-0.15, -0.1) is 10.2 Å². The number of nitrogens with zero attached hydrogens (tertiary/aromatic N) is 5. The monoisotopic (exact) mass is 508 g/mol. The average Bonchev–Trinajstić information content (AvgIpc) is 3.52. The van der Waals surface area contributed by atoms with Crippen LogP contribution in [0, 0.1) is 6.92 Å². The zero-order chi connectivity index (χ0) is 24.9. The summed E-state index contributed by atoms with van der Waals surface area (Å²) in [4.78, 5) is 9.07. The van der Waals surface area contributed by atoms with E-state index in [0.717, 1.165) is 42.9 Å². The number of ether oxygens (including phenoxy) is 3. The molecule has 2 N–H and O–H groups in total. The largest absolute Gasteiger partial charge is 0.381 e. The molecule has 35 heavy (non-hydrogen) atoms. The van der Waals surface area contributed by atoms with Crippen LogP contribution in [0.2, 0.25) is 0 Å². The third-order valence-electron chi connectivity index (χ3n) is 7.16. The third kappa shape index (κ3) is 5.95. The third-order valence-corrected chi connectivity index (χ3v) is 7.73. The van der Waals surface area contributed by atoms with E-state index in [0.29, 0.717) is 25.5 Å². The van der Waals surface area contributed by atoms with Crippen molar-refractivity contribution in [2.75, 3.05) is 27.4 Å². The van der Waals surface area contributed by atoms with E-state index < -0.39 is 17.3 Å². The molecule has 11 nitrogen and oxygen atoms in total. The van der Waals surface area contributed by atoms with Crippen molar-refractivity contribution in [1.82, 2.24) is 29.5 Å². The Kier molecular flexibility index (Phi) is 8.95. The molecule has 2 unspecified atom stereocenters. The first kappa shape index (κ1) is 26.2. The molecule has 0 amide bonds. The first-order valence-corrected chi connectivity index (χ1v) is 13.3. The van der Waals surface area contributed by atoms with Crippen LogP contribution in [0.3, 0.4) is 0 Å². The molecule has 1 saturated heterocycles. The van der Waals surface area contributed by atoms with E-state index in [4.69, 9.17) is 14.2 Å². The summed E-state index contributed by atoms with van der Waals surface area (Å²) in [6, 6.07) is -0.482. The van der Waals surface area contributed by atoms with Gasteiger partial charge in [0.05, 0.1) is 24.9 Å². The Labute approximate surface area is 208 Å². The summed E-state index contributed by atoms with van der Waals surface area (Å²) in [5, 5.41) is 9.29. The van der Waals surface area contributed by atoms with Gasteiger partial charge in [0.15, 0.2) is 0 Å². The van der Waals surface area contributed by atoms with Gasteiger partial charge >= 0.3 is 0 Å². The van der Waals surface area contributed by atoms with E-state index in [1.807, 2.05) is 13.8 Å². The molecule has 3 heterocycles. The Morgan fingerprint density at radius 1 is 1.20 bits per heavy atom. The zero-order valence-corrected chi connectivity index (χ0v) is 21.6. The fourth-order valence-electron chi connectivity index (χ4n) is 5.29. The fraction of sp³-hybridized carbons (Fsp3) is 0.739. The van der Waals surface area contributed by atoms with E-state index >= 15 is 0 Å². The van der Waals surface area contributed by atoms with Gasteiger partial charge in [-0.25, -0.2) is 18.9 Å². The van der Waals surface area contributed by atoms with Gasteiger partial charge in [-0.2, -0.15) is 0 Å². The molecular formula is C23H36N6O5S. The average molecular weight is 509 g/mol. The van der Waals surface area contributed by atoms with Crippen molar-refractivity contribution in [3.8, 4) is 0 Å². The lowest BCUT2D eigenvalue weighted by Crippen LogP contribution is -2.42. The van der Waals surface area contributed by atoms with Crippen molar-refractivity contribution in [3.05, 3.63) is 35.4 Å². The van der Waals surface area contributed by atoms with E-state index in [9.17, 15) is 8.76 Å². The molecule has 4 rings (SSSR count). The predicted molar refractivity (Wildman–Crippen MR) is 129 cm³/mol. The summed E-state index contributed by atoms with van der Waals surface area (Å²) in [5.41, 5.74) is 0.943. The van der Waals surface area contributed by atoms with Crippen molar-refractivity contribution >= 4 is 11.3 Å². The molecule has 2 aromatic rings. The maximum atomic E-state index is 11.6. The minimum absolute atomic E-state index is 0.0425. The Hall–Kier alpha value is -1.83. The van der Waals surface area contributed by atoms with Crippen LogP contribution in [0.1, 0.15) is 73.5 Å². The van der Waals surface area contributed by atoms with Crippen LogP contribution in [0.25, 0.3) is 0 Å². The molecule has 2 aliphatic rings. The first-order chi connectivity index (χ1) is 16.9. The van der Waals surface area contributed by atoms with Crippen molar-refractivity contribution in [1.29, 1.82) is 0 Å². The smallest absolute Gasteiger partial charge is 0.231 e. The minimum atomic E-state index is -2.18. The van der Waals surface area contributed by atoms with Crippen LogP contribution in [0.5, 0.6) is 0 Å². The van der Waals surface area contributed by atoms with Gasteiger partial charge in [0.25, 0.3) is 0 Å². The van der Waals surface area contributed by atoms with Crippen molar-refractivity contribution < 1.29 is 23.0 Å². The summed E-state index contributed by atoms with van der Waals surface area (Å²) >= 11 is -2.18. The van der Waals surface area contributed by atoms with Crippen LogP contribution >= 0.6 is 0 Å². The van der Waals surface area contributed by atoms with Gasteiger partial charge in [-0.05, 0) is 45.1 Å². The topological polar surface area (TPSA) is 134 Å². The standard InChI is InChI=1S/C23H36N6O5S/c1-14-11-24-22(25-12-14)17(15(2)28-35(30)31)10-20-26-27-23(16-8-9-34-13-16)29(20)21-18(32-3)6-5-7-19(21)33-4/h11-12,15-19,21,28H,5-10,13H2,1-4H3,(H,30,31)/t15-,16-,17-,18-,19+,21?/m1/s1. The second-order valence-corrected chi connectivity index (χ2v) is 10.2. The quantitative estimate of drug-likeness (QED) is 0.463. The molecule has 1 aliphatic carbocycles. The number of nitrogens with one attached hydrogen (secondary N) is 1. The highest BCUT2D eigenvalue weighted by Crippen LogP contribution is 2.38. The van der Waals surface area contributed by atoms with Crippen molar-refractivity contribution in [2.24, 2.45) is 0 Å². The Bertz CT molecular complexity index is 971. The van der Waals surface area contributed by atoms with E-state index in [2.05, 4.69) is 29.5 Å². The van der Waals surface area contributed by atoms with Crippen LogP contribution in [0.15, 0.2) is 12.4 Å². The molecule has 2 fully saturated rings. The number of hydrogen-bond donors (Lipinski definition) is 2. The van der Waals surface area contributed by atoms with Gasteiger partial charge in [-0.1, -0.05) is 0 Å². The number of hydrogen-bond acceptors (Lipinski definition) is 8. The Balaban J connectivity index is 1.77. The second-order valence-electron chi connectivity index (χ2n) is 9.46. The lowest BCUT2D eigenvalue weighted by atomic mass is 9.88. The molecule has 2 aromatic heterocycles. The summed E-state index contributed by atoms with van der Waals surface area (Å²) in [5.74, 6) is 2.05. The SMILES string of the molecule is CO[C@H]1CCC[C@@H](OC)C1n1c(C[C@@H](c2ncc(C)cn2)[C@@H](C)NS(=O)O)nnc1[C@@H]1CCOC1. The van der Waals surface area contributed by atoms with Crippen LogP contribution in [-0.2, 0) is 31.9 Å². The summed E-state index contributed by atoms with van der Waals surface area (Å²) in [6.07, 6.45) is 7.61. The van der Waals surface area contributed by atoms with Gasteiger partial charge in [0.2, 0.25) is 11.3 Å². The molecule has 1 aliphatic heterocycles. The highest BCUT2D eigenvalue weighted by atomic mass is 32.2. The molecule has 0 radical (unpaired) electrons. The maximum Gasteiger partial charge on any atom is 0.231 e. The fourth-order valence-corrected chi connectivity index (χ4v) is 5.77. The number of aryl methyl sites for hydroxylation is 1. The molecule has 0 spiro atoms. The van der Waals surface area contributed by atoms with E-state index in [-0.39, 0.29) is 30.1 Å². The summed E-state index contributed by atoms with van der Waals surface area (Å²) in [6.45, 7) is 5.08. The van der Waals surface area contributed by atoms with E-state index in [1.54, 1.807) is 26.6 Å². The molecule has 7 atom stereocenters. The molecular weight excluding hydrogens is 472 g/mol. The van der Waals surface area contributed by atoms with Crippen molar-refractivity contribution in [2.45, 2.75) is 82.1 Å². The van der Waals surface area contributed by atoms with Crippen molar-refractivity contribution in [3.63, 3.8) is 0 Å². The summed E-state index contributed by atoms with van der Waals surface area (Å²) in [7, 11) is 3.48. The maximum absolute atomic E-state index is 11.6. The van der Waals surface area contributed by atoms with Crippen LogP contribution in [-0.4, -0.2) is 79.2 Å². The molecule has 12 heteroatoms. The highest BCUT2D eigenvalue weighted by molar-refractivity contribution is 7.77. The lowest BCUT2D eigenvalue weighted by Gasteiger charge is -2.39. The first-order valence-electron chi connectivity index (χ1n) is 12.2. The molecule has 1 saturated carbocycles. The number of methoxy groups -OCH3 is 2. The van der Waals surface area contributed by atoms with E-state index in [1.165, 1.54) is 0 Å². The molecule has 194 valence electrons. The number of aromatic nitrogens is 5.